The predicted octanol–water partition coefficient (Wildman–Crippen LogP) is 3.40. The molecule has 2 N–H and O–H groups in total. The summed E-state index contributed by atoms with van der Waals surface area (Å²) in [5.74, 6) is 0.566. The number of hydrogen-bond donors (Lipinski definition) is 2. The molecule has 1 aromatic carbocycles. The minimum absolute atomic E-state index is 0. The predicted molar refractivity (Wildman–Crippen MR) is 116 cm³/mol. The van der Waals surface area contributed by atoms with Crippen molar-refractivity contribution >= 4 is 36.4 Å². The average Bonchev–Trinajstić information content (AvgIpc) is 3.05. The van der Waals surface area contributed by atoms with Gasteiger partial charge in [-0.3, -0.25) is 4.79 Å². The van der Waals surface area contributed by atoms with Crippen LogP contribution in [0.3, 0.4) is 0 Å². The van der Waals surface area contributed by atoms with Crippen LogP contribution in [-0.2, 0) is 6.61 Å². The highest BCUT2D eigenvalue weighted by Gasteiger charge is 2.07. The van der Waals surface area contributed by atoms with Crippen molar-refractivity contribution in [3.05, 3.63) is 65.6 Å². The van der Waals surface area contributed by atoms with Gasteiger partial charge in [-0.05, 0) is 56.8 Å². The molecule has 28 heavy (non-hydrogen) atoms. The maximum absolute atomic E-state index is 12.2. The Morgan fingerprint density at radius 2 is 1.96 bits per heavy atom. The van der Waals surface area contributed by atoms with Crippen molar-refractivity contribution in [2.75, 3.05) is 20.1 Å². The van der Waals surface area contributed by atoms with Crippen LogP contribution < -0.4 is 15.4 Å². The smallest absolute Gasteiger partial charge is 0.251 e. The van der Waals surface area contributed by atoms with Crippen molar-refractivity contribution in [1.29, 1.82) is 0 Å². The Kier molecular flexibility index (Phi) is 9.79. The quantitative estimate of drug-likeness (QED) is 0.543. The van der Waals surface area contributed by atoms with Crippen LogP contribution in [-0.4, -0.2) is 35.4 Å². The first-order valence-corrected chi connectivity index (χ1v) is 8.75. The summed E-state index contributed by atoms with van der Waals surface area (Å²) >= 11 is 0. The third-order valence-electron chi connectivity index (χ3n) is 4.02. The van der Waals surface area contributed by atoms with E-state index < -0.39 is 0 Å². The zero-order valence-electron chi connectivity index (χ0n) is 16.0. The van der Waals surface area contributed by atoms with Crippen LogP contribution in [0.4, 0.5) is 0 Å². The minimum atomic E-state index is -0.0882. The van der Waals surface area contributed by atoms with Gasteiger partial charge in [0.15, 0.2) is 0 Å². The van der Waals surface area contributed by atoms with Crippen LogP contribution in [0, 0.1) is 6.92 Å². The Balaban J connectivity index is 0.00000196. The summed E-state index contributed by atoms with van der Waals surface area (Å²) in [5.41, 5.74) is 3.51. The molecular formula is C20H26Cl2N4O2. The van der Waals surface area contributed by atoms with E-state index in [4.69, 9.17) is 4.74 Å². The fourth-order valence-corrected chi connectivity index (χ4v) is 2.68. The van der Waals surface area contributed by atoms with Crippen LogP contribution in [0.15, 0.2) is 48.8 Å². The molecule has 2 heterocycles. The highest BCUT2D eigenvalue weighted by atomic mass is 35.5. The molecule has 0 atom stereocenters. The molecule has 152 valence electrons. The van der Waals surface area contributed by atoms with Crippen molar-refractivity contribution in [3.63, 3.8) is 0 Å². The number of carbonyl (C=O) groups is 1. The first-order chi connectivity index (χ1) is 12.7. The number of imidazole rings is 1. The van der Waals surface area contributed by atoms with Crippen LogP contribution >= 0.6 is 24.8 Å². The van der Waals surface area contributed by atoms with Crippen LogP contribution in [0.1, 0.15) is 28.0 Å². The first kappa shape index (κ1) is 23.8. The first-order valence-electron chi connectivity index (χ1n) is 8.75. The molecule has 0 aliphatic carbocycles. The standard InChI is InChI=1S/C20H24N4O2.2ClH/c1-15-7-8-19-23-17(13-24(19)12-15)14-26-18-6-3-5-16(11-18)20(25)22-10-4-9-21-2;;/h3,5-8,11-13,21H,4,9-10,14H2,1-2H3,(H,22,25);2*1H. The molecule has 1 amide bonds. The molecule has 0 radical (unpaired) electrons. The average molecular weight is 425 g/mol. The molecule has 0 fully saturated rings. The number of fused-ring (bicyclic) bond motifs is 1. The van der Waals surface area contributed by atoms with E-state index in [1.54, 1.807) is 12.1 Å². The van der Waals surface area contributed by atoms with E-state index in [0.717, 1.165) is 24.3 Å². The monoisotopic (exact) mass is 424 g/mol. The number of hydrogen-bond acceptors (Lipinski definition) is 4. The zero-order chi connectivity index (χ0) is 18.4. The number of rotatable bonds is 8. The fraction of sp³-hybridized carbons (Fsp3) is 0.300. The van der Waals surface area contributed by atoms with Gasteiger partial charge in [0.05, 0.1) is 5.69 Å². The maximum Gasteiger partial charge on any atom is 0.251 e. The van der Waals surface area contributed by atoms with E-state index in [-0.39, 0.29) is 30.7 Å². The molecule has 0 spiro atoms. The van der Waals surface area contributed by atoms with Crippen LogP contribution in [0.5, 0.6) is 5.75 Å². The van der Waals surface area contributed by atoms with Gasteiger partial charge in [0.1, 0.15) is 18.0 Å². The third kappa shape index (κ3) is 6.41. The highest BCUT2D eigenvalue weighted by molar-refractivity contribution is 5.94. The summed E-state index contributed by atoms with van der Waals surface area (Å²) in [7, 11) is 1.90. The number of aryl methyl sites for hydroxylation is 1. The Labute approximate surface area is 177 Å². The fourth-order valence-electron chi connectivity index (χ4n) is 2.68. The van der Waals surface area contributed by atoms with Crippen molar-refractivity contribution in [1.82, 2.24) is 20.0 Å². The third-order valence-corrected chi connectivity index (χ3v) is 4.02. The molecular weight excluding hydrogens is 399 g/mol. The van der Waals surface area contributed by atoms with Gasteiger partial charge in [-0.15, -0.1) is 24.8 Å². The molecule has 0 unspecified atom stereocenters. The van der Waals surface area contributed by atoms with Gasteiger partial charge in [0.2, 0.25) is 0 Å². The van der Waals surface area contributed by atoms with Crippen molar-refractivity contribution in [2.45, 2.75) is 20.0 Å². The van der Waals surface area contributed by atoms with Gasteiger partial charge in [0.25, 0.3) is 5.91 Å². The van der Waals surface area contributed by atoms with Crippen molar-refractivity contribution < 1.29 is 9.53 Å². The SMILES string of the molecule is CNCCCNC(=O)c1cccc(OCc2cn3cc(C)ccc3n2)c1.Cl.Cl. The molecule has 0 bridgehead atoms. The molecule has 6 nitrogen and oxygen atoms in total. The Bertz CT molecular complexity index is 899. The summed E-state index contributed by atoms with van der Waals surface area (Å²) in [4.78, 5) is 16.7. The number of pyridine rings is 1. The topological polar surface area (TPSA) is 67.7 Å². The van der Waals surface area contributed by atoms with Crippen molar-refractivity contribution in [3.8, 4) is 5.75 Å². The van der Waals surface area contributed by atoms with E-state index >= 15 is 0 Å². The molecule has 3 aromatic rings. The molecule has 0 saturated carbocycles. The summed E-state index contributed by atoms with van der Waals surface area (Å²) in [6.45, 7) is 3.92. The lowest BCUT2D eigenvalue weighted by Gasteiger charge is -2.08. The largest absolute Gasteiger partial charge is 0.487 e. The van der Waals surface area contributed by atoms with E-state index in [9.17, 15) is 4.79 Å². The summed E-state index contributed by atoms with van der Waals surface area (Å²) in [5, 5.41) is 5.96. The molecule has 8 heteroatoms. The van der Waals surface area contributed by atoms with Gasteiger partial charge < -0.3 is 19.8 Å². The number of nitrogens with one attached hydrogen (secondary N) is 2. The van der Waals surface area contributed by atoms with Gasteiger partial charge in [-0.2, -0.15) is 0 Å². The normalized spacial score (nSPS) is 10.1. The Morgan fingerprint density at radius 1 is 1.14 bits per heavy atom. The number of amides is 1. The summed E-state index contributed by atoms with van der Waals surface area (Å²) in [6, 6.07) is 11.2. The number of carbonyl (C=O) groups excluding carboxylic acids is 1. The van der Waals surface area contributed by atoms with E-state index in [1.165, 1.54) is 5.56 Å². The molecule has 0 saturated heterocycles. The lowest BCUT2D eigenvalue weighted by Crippen LogP contribution is -2.26. The lowest BCUT2D eigenvalue weighted by molar-refractivity contribution is 0.0953. The highest BCUT2D eigenvalue weighted by Crippen LogP contribution is 2.16. The zero-order valence-corrected chi connectivity index (χ0v) is 17.6. The summed E-state index contributed by atoms with van der Waals surface area (Å²) in [6.07, 6.45) is 4.89. The van der Waals surface area contributed by atoms with Gasteiger partial charge in [0, 0.05) is 24.5 Å². The second kappa shape index (κ2) is 11.5. The van der Waals surface area contributed by atoms with Gasteiger partial charge >= 0.3 is 0 Å². The number of nitrogens with zero attached hydrogens (tertiary/aromatic N) is 2. The maximum atomic E-state index is 12.2. The van der Waals surface area contributed by atoms with Crippen LogP contribution in [0.25, 0.3) is 5.65 Å². The molecule has 2 aromatic heterocycles. The Morgan fingerprint density at radius 3 is 2.75 bits per heavy atom. The van der Waals surface area contributed by atoms with Gasteiger partial charge in [-0.25, -0.2) is 4.98 Å². The lowest BCUT2D eigenvalue weighted by atomic mass is 10.2. The van der Waals surface area contributed by atoms with Crippen molar-refractivity contribution in [2.24, 2.45) is 0 Å². The van der Waals surface area contributed by atoms with E-state index in [2.05, 4.69) is 15.6 Å². The van der Waals surface area contributed by atoms with Gasteiger partial charge in [-0.1, -0.05) is 12.1 Å². The van der Waals surface area contributed by atoms with Crippen LogP contribution in [0.2, 0.25) is 0 Å². The molecule has 3 rings (SSSR count). The second-order valence-electron chi connectivity index (χ2n) is 6.23. The molecule has 0 aliphatic heterocycles. The van der Waals surface area contributed by atoms with E-state index in [1.807, 2.05) is 55.0 Å². The Hall–Kier alpha value is -2.28. The number of ether oxygens (including phenoxy) is 1. The minimum Gasteiger partial charge on any atom is -0.487 e. The number of halogens is 2. The number of benzene rings is 1. The van der Waals surface area contributed by atoms with E-state index in [0.29, 0.717) is 24.5 Å². The number of aromatic nitrogens is 2. The summed E-state index contributed by atoms with van der Waals surface area (Å²) < 4.78 is 7.81. The molecule has 0 aliphatic rings. The second-order valence-corrected chi connectivity index (χ2v) is 6.23.